The van der Waals surface area contributed by atoms with Gasteiger partial charge in [-0.25, -0.2) is 0 Å². The summed E-state index contributed by atoms with van der Waals surface area (Å²) in [5.74, 6) is 0.535. The zero-order valence-corrected chi connectivity index (χ0v) is 12.6. The highest BCUT2D eigenvalue weighted by Crippen LogP contribution is 2.17. The molecule has 1 aromatic rings. The summed E-state index contributed by atoms with van der Waals surface area (Å²) >= 11 is 0. The maximum atomic E-state index is 10.5. The molecule has 1 fully saturated rings. The Morgan fingerprint density at radius 1 is 1.24 bits per heavy atom. The number of β-amino-alcohol motifs (C(OH)–C–C–N with tert-alkyl or cyclic N) is 1. The summed E-state index contributed by atoms with van der Waals surface area (Å²) in [7, 11) is 0. The van der Waals surface area contributed by atoms with Gasteiger partial charge < -0.3 is 14.7 Å². The van der Waals surface area contributed by atoms with Crippen molar-refractivity contribution in [2.24, 2.45) is 0 Å². The summed E-state index contributed by atoms with van der Waals surface area (Å²) in [6.07, 6.45) is 3.11. The average molecular weight is 317 g/mol. The second kappa shape index (κ2) is 8.81. The highest BCUT2D eigenvalue weighted by molar-refractivity contribution is 5.85. The number of piperidine rings is 1. The second-order valence-corrected chi connectivity index (χ2v) is 5.08. The van der Waals surface area contributed by atoms with E-state index in [1.165, 1.54) is 31.4 Å². The molecule has 1 aliphatic heterocycles. The molecular weight excluding hydrogens is 296 g/mol. The molecular formula is C14H21ClN2O4. The van der Waals surface area contributed by atoms with Crippen LogP contribution in [0.2, 0.25) is 0 Å². The Morgan fingerprint density at radius 2 is 1.86 bits per heavy atom. The fourth-order valence-electron chi connectivity index (χ4n) is 2.35. The van der Waals surface area contributed by atoms with Crippen LogP contribution in [0.4, 0.5) is 5.69 Å². The molecule has 0 spiro atoms. The first-order valence-corrected chi connectivity index (χ1v) is 6.93. The van der Waals surface area contributed by atoms with Crippen molar-refractivity contribution in [3.8, 4) is 5.75 Å². The van der Waals surface area contributed by atoms with Crippen LogP contribution >= 0.6 is 12.4 Å². The molecule has 1 saturated heterocycles. The number of benzene rings is 1. The van der Waals surface area contributed by atoms with Crippen LogP contribution in [0, 0.1) is 10.1 Å². The number of halogens is 1. The molecule has 7 heteroatoms. The number of nitrogens with zero attached hydrogens (tertiary/aromatic N) is 2. The van der Waals surface area contributed by atoms with Crippen LogP contribution < -0.4 is 4.74 Å². The Balaban J connectivity index is 0.00000220. The summed E-state index contributed by atoms with van der Waals surface area (Å²) in [5.41, 5.74) is 0.0335. The van der Waals surface area contributed by atoms with Crippen molar-refractivity contribution in [3.05, 3.63) is 34.4 Å². The van der Waals surface area contributed by atoms with Crippen molar-refractivity contribution in [1.29, 1.82) is 0 Å². The Kier molecular flexibility index (Phi) is 7.42. The van der Waals surface area contributed by atoms with Crippen LogP contribution in [0.3, 0.4) is 0 Å². The van der Waals surface area contributed by atoms with Gasteiger partial charge in [0.2, 0.25) is 0 Å². The van der Waals surface area contributed by atoms with Crippen molar-refractivity contribution in [2.45, 2.75) is 25.4 Å². The quantitative estimate of drug-likeness (QED) is 0.643. The Morgan fingerprint density at radius 3 is 2.43 bits per heavy atom. The minimum Gasteiger partial charge on any atom is -0.491 e. The fourth-order valence-corrected chi connectivity index (χ4v) is 2.35. The minimum atomic E-state index is -0.539. The van der Waals surface area contributed by atoms with Gasteiger partial charge in [-0.1, -0.05) is 6.42 Å². The van der Waals surface area contributed by atoms with Gasteiger partial charge >= 0.3 is 0 Å². The van der Waals surface area contributed by atoms with Gasteiger partial charge in [0.15, 0.2) is 0 Å². The number of nitro benzene ring substituents is 1. The zero-order chi connectivity index (χ0) is 14.4. The number of aliphatic hydroxyl groups is 1. The smallest absolute Gasteiger partial charge is 0.269 e. The lowest BCUT2D eigenvalue weighted by atomic mass is 10.1. The summed E-state index contributed by atoms with van der Waals surface area (Å²) in [6.45, 7) is 2.89. The van der Waals surface area contributed by atoms with Gasteiger partial charge in [-0.3, -0.25) is 10.1 Å². The molecule has 0 aromatic heterocycles. The van der Waals surface area contributed by atoms with Crippen molar-refractivity contribution in [2.75, 3.05) is 26.2 Å². The number of likely N-dealkylation sites (tertiary alicyclic amines) is 1. The molecule has 6 nitrogen and oxygen atoms in total. The first-order chi connectivity index (χ1) is 9.65. The SMILES string of the molecule is Cl.O=[N+]([O-])c1ccc(OCC(O)CN2CCCCC2)cc1. The van der Waals surface area contributed by atoms with Crippen LogP contribution in [0.1, 0.15) is 19.3 Å². The van der Waals surface area contributed by atoms with Crippen LogP contribution in [-0.4, -0.2) is 47.3 Å². The Bertz CT molecular complexity index is 435. The van der Waals surface area contributed by atoms with Gasteiger partial charge in [0.05, 0.1) is 4.92 Å². The number of rotatable bonds is 6. The van der Waals surface area contributed by atoms with Crippen molar-refractivity contribution < 1.29 is 14.8 Å². The second-order valence-electron chi connectivity index (χ2n) is 5.08. The van der Waals surface area contributed by atoms with E-state index < -0.39 is 11.0 Å². The van der Waals surface area contributed by atoms with Gasteiger partial charge in [0.25, 0.3) is 5.69 Å². The van der Waals surface area contributed by atoms with E-state index in [-0.39, 0.29) is 24.7 Å². The van der Waals surface area contributed by atoms with E-state index in [4.69, 9.17) is 4.74 Å². The third-order valence-electron chi connectivity index (χ3n) is 3.41. The minimum absolute atomic E-state index is 0. The van der Waals surface area contributed by atoms with Crippen LogP contribution in [0.25, 0.3) is 0 Å². The molecule has 0 saturated carbocycles. The number of ether oxygens (including phenoxy) is 1. The third-order valence-corrected chi connectivity index (χ3v) is 3.41. The fraction of sp³-hybridized carbons (Fsp3) is 0.571. The van der Waals surface area contributed by atoms with E-state index in [1.807, 2.05) is 0 Å². The molecule has 21 heavy (non-hydrogen) atoms. The number of non-ortho nitro benzene ring substituents is 1. The summed E-state index contributed by atoms with van der Waals surface area (Å²) in [5, 5.41) is 20.4. The number of aliphatic hydroxyl groups excluding tert-OH is 1. The van der Waals surface area contributed by atoms with E-state index in [0.717, 1.165) is 13.1 Å². The Labute approximate surface area is 130 Å². The monoisotopic (exact) mass is 316 g/mol. The van der Waals surface area contributed by atoms with Gasteiger partial charge in [0, 0.05) is 18.7 Å². The highest BCUT2D eigenvalue weighted by Gasteiger charge is 2.15. The van der Waals surface area contributed by atoms with Crippen LogP contribution in [0.15, 0.2) is 24.3 Å². The molecule has 1 atom stereocenters. The molecule has 1 unspecified atom stereocenters. The highest BCUT2D eigenvalue weighted by atomic mass is 35.5. The van der Waals surface area contributed by atoms with Crippen molar-refractivity contribution in [3.63, 3.8) is 0 Å². The van der Waals surface area contributed by atoms with Crippen molar-refractivity contribution >= 4 is 18.1 Å². The first kappa shape index (κ1) is 17.7. The maximum absolute atomic E-state index is 10.5. The van der Waals surface area contributed by atoms with Gasteiger partial charge in [0.1, 0.15) is 18.5 Å². The Hall–Kier alpha value is -1.37. The number of hydrogen-bond acceptors (Lipinski definition) is 5. The molecule has 0 bridgehead atoms. The normalized spacial score (nSPS) is 16.8. The summed E-state index contributed by atoms with van der Waals surface area (Å²) in [4.78, 5) is 12.3. The standard InChI is InChI=1S/C14H20N2O4.ClH/c17-13(10-15-8-2-1-3-9-15)11-20-14-6-4-12(5-7-14)16(18)19;/h4-7,13,17H,1-3,8-11H2;1H. The molecule has 0 aliphatic carbocycles. The molecule has 0 amide bonds. The summed E-state index contributed by atoms with van der Waals surface area (Å²) in [6, 6.07) is 5.89. The molecule has 118 valence electrons. The van der Waals surface area contributed by atoms with Crippen LogP contribution in [-0.2, 0) is 0 Å². The maximum Gasteiger partial charge on any atom is 0.269 e. The van der Waals surface area contributed by atoms with E-state index in [1.54, 1.807) is 12.1 Å². The topological polar surface area (TPSA) is 75.8 Å². The average Bonchev–Trinajstić information content (AvgIpc) is 2.46. The third kappa shape index (κ3) is 5.87. The van der Waals surface area contributed by atoms with Gasteiger partial charge in [-0.05, 0) is 38.1 Å². The van der Waals surface area contributed by atoms with E-state index in [2.05, 4.69) is 4.90 Å². The van der Waals surface area contributed by atoms with Crippen LogP contribution in [0.5, 0.6) is 5.75 Å². The van der Waals surface area contributed by atoms with Gasteiger partial charge in [-0.2, -0.15) is 0 Å². The molecule has 2 rings (SSSR count). The number of nitro groups is 1. The lowest BCUT2D eigenvalue weighted by molar-refractivity contribution is -0.384. The zero-order valence-electron chi connectivity index (χ0n) is 11.8. The van der Waals surface area contributed by atoms with E-state index >= 15 is 0 Å². The lowest BCUT2D eigenvalue weighted by Crippen LogP contribution is -2.38. The van der Waals surface area contributed by atoms with Crippen molar-refractivity contribution in [1.82, 2.24) is 4.90 Å². The lowest BCUT2D eigenvalue weighted by Gasteiger charge is -2.28. The summed E-state index contributed by atoms with van der Waals surface area (Å²) < 4.78 is 5.44. The molecule has 0 radical (unpaired) electrons. The predicted octanol–water partition coefficient (Wildman–Crippen LogP) is 2.24. The van der Waals surface area contributed by atoms with Gasteiger partial charge in [-0.15, -0.1) is 12.4 Å². The number of hydrogen-bond donors (Lipinski definition) is 1. The van der Waals surface area contributed by atoms with E-state index in [9.17, 15) is 15.2 Å². The van der Waals surface area contributed by atoms with E-state index in [0.29, 0.717) is 12.3 Å². The largest absolute Gasteiger partial charge is 0.491 e. The molecule has 1 aliphatic rings. The molecule has 1 N–H and O–H groups in total. The first-order valence-electron chi connectivity index (χ1n) is 6.93. The predicted molar refractivity (Wildman–Crippen MR) is 82.1 cm³/mol. The molecule has 1 heterocycles. The molecule has 1 aromatic carbocycles.